The van der Waals surface area contributed by atoms with Crippen molar-refractivity contribution < 1.29 is 24.0 Å². The number of nitrogens with zero attached hydrogens (tertiary/aromatic N) is 6. The summed E-state index contributed by atoms with van der Waals surface area (Å²) in [6.45, 7) is 6.24. The molecule has 0 aromatic heterocycles. The van der Waals surface area contributed by atoms with E-state index in [-0.39, 0.29) is 36.6 Å². The number of carbonyl (C=O) groups excluding carboxylic acids is 5. The number of likely N-dealkylation sites (tertiary alicyclic amines) is 1. The Morgan fingerprint density at radius 1 is 0.964 bits per heavy atom. The van der Waals surface area contributed by atoms with E-state index in [1.165, 1.54) is 0 Å². The molecule has 2 N–H and O–H groups in total. The molecule has 5 heterocycles. The second kappa shape index (κ2) is 15.2. The fraction of sp³-hybridized carbons (Fsp3) is 0.500. The topological polar surface area (TPSA) is 159 Å². The van der Waals surface area contributed by atoms with Gasteiger partial charge in [0.25, 0.3) is 17.7 Å². The lowest BCUT2D eigenvalue weighted by molar-refractivity contribution is -0.136. The van der Waals surface area contributed by atoms with Gasteiger partial charge in [0.1, 0.15) is 11.7 Å². The largest absolute Gasteiger partial charge is 0.372 e. The van der Waals surface area contributed by atoms with Gasteiger partial charge in [0.2, 0.25) is 11.8 Å². The van der Waals surface area contributed by atoms with E-state index < -0.39 is 23.8 Å². The number of allylic oxidation sites excluding steroid dienone is 1. The van der Waals surface area contributed by atoms with E-state index in [1.807, 2.05) is 43.5 Å². The molecule has 0 spiro atoms. The number of imide groups is 2. The number of hydrogen-bond donors (Lipinski definition) is 2. The van der Waals surface area contributed by atoms with E-state index in [0.29, 0.717) is 34.5 Å². The first-order valence-electron chi connectivity index (χ1n) is 19.7. The van der Waals surface area contributed by atoms with Crippen molar-refractivity contribution in [1.82, 2.24) is 25.3 Å². The number of rotatable bonds is 8. The van der Waals surface area contributed by atoms with Crippen LogP contribution in [0.4, 0.5) is 5.69 Å². The monoisotopic (exact) mass is 744 g/mol. The summed E-state index contributed by atoms with van der Waals surface area (Å²) in [5.74, 6) is -1.73. The SMILES string of the molecule is Cc1cc(N(C)[C@H]2CC[C@H](NC(=O)C3=CCC(CN4CCC(N5Cc6cc7c(cc6C5)C(=O)N(C5CCC(=O)NC5=O)C7=O)CC4)C=N3)CC2)ccc1C#N. The molecule has 3 fully saturated rings. The molecule has 1 saturated carbocycles. The highest BCUT2D eigenvalue weighted by Crippen LogP contribution is 2.35. The molecule has 55 heavy (non-hydrogen) atoms. The van der Waals surface area contributed by atoms with Gasteiger partial charge in [0, 0.05) is 69.0 Å². The highest BCUT2D eigenvalue weighted by atomic mass is 16.2. The third-order valence-electron chi connectivity index (χ3n) is 12.7. The number of piperidine rings is 2. The summed E-state index contributed by atoms with van der Waals surface area (Å²) in [7, 11) is 2.11. The van der Waals surface area contributed by atoms with E-state index in [2.05, 4.69) is 49.5 Å². The van der Waals surface area contributed by atoms with Crippen LogP contribution in [-0.4, -0.2) is 101 Å². The number of aliphatic imine (C=N–C) groups is 1. The van der Waals surface area contributed by atoms with E-state index in [9.17, 15) is 29.2 Å². The zero-order chi connectivity index (χ0) is 38.4. The predicted molar refractivity (Wildman–Crippen MR) is 205 cm³/mol. The number of hydrogen-bond acceptors (Lipinski definition) is 10. The van der Waals surface area contributed by atoms with Crippen LogP contribution in [0.5, 0.6) is 0 Å². The third kappa shape index (κ3) is 7.33. The first-order valence-corrected chi connectivity index (χ1v) is 19.7. The summed E-state index contributed by atoms with van der Waals surface area (Å²) in [6.07, 6.45) is 10.8. The first kappa shape index (κ1) is 36.8. The molecule has 13 heteroatoms. The van der Waals surface area contributed by atoms with Gasteiger partial charge in [-0.1, -0.05) is 6.08 Å². The van der Waals surface area contributed by atoms with Crippen molar-refractivity contribution in [1.29, 1.82) is 5.26 Å². The van der Waals surface area contributed by atoms with Crippen LogP contribution in [0.1, 0.15) is 101 Å². The van der Waals surface area contributed by atoms with Gasteiger partial charge in [-0.2, -0.15) is 5.26 Å². The highest BCUT2D eigenvalue weighted by molar-refractivity contribution is 6.23. The van der Waals surface area contributed by atoms with Gasteiger partial charge >= 0.3 is 0 Å². The number of carbonyl (C=O) groups is 5. The summed E-state index contributed by atoms with van der Waals surface area (Å²) < 4.78 is 0. The quantitative estimate of drug-likeness (QED) is 0.386. The Kier molecular flexibility index (Phi) is 10.1. The zero-order valence-corrected chi connectivity index (χ0v) is 31.6. The molecule has 2 atom stereocenters. The summed E-state index contributed by atoms with van der Waals surface area (Å²) in [5, 5.41) is 14.7. The smallest absolute Gasteiger partial charge is 0.269 e. The van der Waals surface area contributed by atoms with Gasteiger partial charge in [-0.05, 0) is 118 Å². The molecular weight excluding hydrogens is 697 g/mol. The molecule has 2 saturated heterocycles. The Balaban J connectivity index is 0.764. The maximum absolute atomic E-state index is 13.3. The molecule has 5 amide bonds. The number of nitrogens with one attached hydrogen (secondary N) is 2. The third-order valence-corrected chi connectivity index (χ3v) is 12.7. The van der Waals surface area contributed by atoms with Gasteiger partial charge in [0.05, 0.1) is 22.8 Å². The lowest BCUT2D eigenvalue weighted by Gasteiger charge is -2.37. The molecule has 13 nitrogen and oxygen atoms in total. The number of anilines is 1. The summed E-state index contributed by atoms with van der Waals surface area (Å²) in [5.41, 5.74) is 6.10. The minimum atomic E-state index is -0.958. The van der Waals surface area contributed by atoms with Crippen molar-refractivity contribution in [2.24, 2.45) is 10.9 Å². The van der Waals surface area contributed by atoms with Crippen LogP contribution >= 0.6 is 0 Å². The van der Waals surface area contributed by atoms with Crippen molar-refractivity contribution >= 4 is 41.4 Å². The van der Waals surface area contributed by atoms with Crippen LogP contribution in [0.25, 0.3) is 0 Å². The van der Waals surface area contributed by atoms with Crippen LogP contribution in [0, 0.1) is 24.2 Å². The van der Waals surface area contributed by atoms with Crippen molar-refractivity contribution in [3.8, 4) is 6.07 Å². The first-order chi connectivity index (χ1) is 26.6. The lowest BCUT2D eigenvalue weighted by Crippen LogP contribution is -2.54. The molecular formula is C42H48N8O5. The second-order valence-corrected chi connectivity index (χ2v) is 16.1. The zero-order valence-electron chi connectivity index (χ0n) is 31.6. The molecule has 5 aliphatic heterocycles. The Bertz CT molecular complexity index is 1990. The van der Waals surface area contributed by atoms with Crippen LogP contribution < -0.4 is 15.5 Å². The Morgan fingerprint density at radius 3 is 2.25 bits per heavy atom. The van der Waals surface area contributed by atoms with Gasteiger partial charge in [-0.25, -0.2) is 0 Å². The fourth-order valence-electron chi connectivity index (χ4n) is 9.36. The van der Waals surface area contributed by atoms with Gasteiger partial charge in [-0.3, -0.25) is 44.1 Å². The van der Waals surface area contributed by atoms with Crippen molar-refractivity contribution in [3.63, 3.8) is 0 Å². The molecule has 2 unspecified atom stereocenters. The number of fused-ring (bicyclic) bond motifs is 2. The number of amides is 5. The minimum absolute atomic E-state index is 0.0905. The molecule has 0 radical (unpaired) electrons. The molecule has 6 aliphatic rings. The molecule has 286 valence electrons. The van der Waals surface area contributed by atoms with Crippen LogP contribution in [0.2, 0.25) is 0 Å². The molecule has 2 aromatic carbocycles. The normalized spacial score (nSPS) is 26.0. The van der Waals surface area contributed by atoms with Gasteiger partial charge in [-0.15, -0.1) is 0 Å². The highest BCUT2D eigenvalue weighted by Gasteiger charge is 2.45. The van der Waals surface area contributed by atoms with E-state index in [0.717, 1.165) is 105 Å². The summed E-state index contributed by atoms with van der Waals surface area (Å²) in [6, 6.07) is 11.9. The maximum Gasteiger partial charge on any atom is 0.269 e. The summed E-state index contributed by atoms with van der Waals surface area (Å²) >= 11 is 0. The number of aryl methyl sites for hydroxylation is 1. The van der Waals surface area contributed by atoms with Crippen molar-refractivity contribution in [2.45, 2.75) is 102 Å². The Hall–Kier alpha value is -5.19. The van der Waals surface area contributed by atoms with E-state index in [4.69, 9.17) is 0 Å². The average molecular weight is 745 g/mol. The van der Waals surface area contributed by atoms with Crippen LogP contribution in [0.3, 0.4) is 0 Å². The van der Waals surface area contributed by atoms with Crippen molar-refractivity contribution in [2.75, 3.05) is 31.6 Å². The van der Waals surface area contributed by atoms with E-state index in [1.54, 1.807) is 0 Å². The van der Waals surface area contributed by atoms with Crippen LogP contribution in [-0.2, 0) is 27.5 Å². The van der Waals surface area contributed by atoms with Gasteiger partial charge in [0.15, 0.2) is 0 Å². The fourth-order valence-corrected chi connectivity index (χ4v) is 9.36. The van der Waals surface area contributed by atoms with Gasteiger partial charge < -0.3 is 15.1 Å². The summed E-state index contributed by atoms with van der Waals surface area (Å²) in [4.78, 5) is 76.7. The second-order valence-electron chi connectivity index (χ2n) is 16.1. The Morgan fingerprint density at radius 2 is 1.65 bits per heavy atom. The number of nitriles is 1. The number of benzene rings is 2. The Labute approximate surface area is 321 Å². The van der Waals surface area contributed by atoms with E-state index >= 15 is 0 Å². The average Bonchev–Trinajstić information content (AvgIpc) is 3.71. The molecule has 0 bridgehead atoms. The standard InChI is InChI=1S/C42H48N8O5/c1-25-17-33(7-4-27(25)20-43)47(2)31-8-5-30(6-9-31)45-39(52)36-10-3-26(21-44-36)22-48-15-13-32(14-16-48)49-23-28-18-34-35(19-29(28)24-49)42(55)50(41(34)54)37-11-12-38(51)46-40(37)53/h4,7,10,17-19,21,26,30-32,37H,3,5-6,8-9,11-16,22-24H2,1-2H3,(H,45,52)(H,46,51,53)/t26?,30-,31-,37?. The molecule has 8 rings (SSSR count). The van der Waals surface area contributed by atoms with Crippen molar-refractivity contribution in [3.05, 3.63) is 75.5 Å². The van der Waals surface area contributed by atoms with Crippen LogP contribution in [0.15, 0.2) is 47.1 Å². The lowest BCUT2D eigenvalue weighted by atomic mass is 9.89. The molecule has 2 aromatic rings. The minimum Gasteiger partial charge on any atom is -0.372 e. The molecule has 1 aliphatic carbocycles. The maximum atomic E-state index is 13.3. The predicted octanol–water partition coefficient (Wildman–Crippen LogP) is 3.59.